The lowest BCUT2D eigenvalue weighted by Crippen LogP contribution is -2.16. The maximum Gasteiger partial charge on any atom is 0.337 e. The van der Waals surface area contributed by atoms with Crippen molar-refractivity contribution in [2.75, 3.05) is 4.72 Å². The van der Waals surface area contributed by atoms with E-state index in [2.05, 4.69) is 4.72 Å². The summed E-state index contributed by atoms with van der Waals surface area (Å²) in [5.41, 5.74) is -0.471. The van der Waals surface area contributed by atoms with Gasteiger partial charge in [0.2, 0.25) is 0 Å². The second-order valence-corrected chi connectivity index (χ2v) is 7.61. The van der Waals surface area contributed by atoms with E-state index in [-0.39, 0.29) is 36.2 Å². The summed E-state index contributed by atoms with van der Waals surface area (Å²) in [6, 6.07) is 5.93. The number of benzene rings is 2. The summed E-state index contributed by atoms with van der Waals surface area (Å²) in [6.07, 6.45) is 0. The van der Waals surface area contributed by atoms with Crippen LogP contribution in [0.1, 0.15) is 10.4 Å². The molecule has 23 heavy (non-hydrogen) atoms. The number of hydrogen-bond donors (Lipinski definition) is 2. The fraction of sp³-hybridized carbons (Fsp3) is 0. The summed E-state index contributed by atoms with van der Waals surface area (Å²) < 4.78 is 27.0. The standard InChI is InChI=1S/C13H7Cl4NO4S/c14-6-1-2-7(13(19)20)11(3-6)18-23(21,22)12-5-9(16)8(15)4-10(12)17/h1-5,18H,(H,19,20). The fourth-order valence-electron chi connectivity index (χ4n) is 1.70. The van der Waals surface area contributed by atoms with E-state index in [0.717, 1.165) is 6.07 Å². The summed E-state index contributed by atoms with van der Waals surface area (Å²) in [5.74, 6) is -1.32. The molecule has 0 radical (unpaired) electrons. The van der Waals surface area contributed by atoms with Crippen molar-refractivity contribution in [2.45, 2.75) is 4.90 Å². The Morgan fingerprint density at radius 3 is 2.17 bits per heavy atom. The number of halogens is 4. The molecule has 0 heterocycles. The molecule has 2 aromatic carbocycles. The van der Waals surface area contributed by atoms with Gasteiger partial charge in [-0.1, -0.05) is 46.4 Å². The first-order valence-electron chi connectivity index (χ1n) is 5.82. The van der Waals surface area contributed by atoms with E-state index in [1.807, 2.05) is 0 Å². The third kappa shape index (κ3) is 4.02. The van der Waals surface area contributed by atoms with E-state index in [1.165, 1.54) is 24.3 Å². The normalized spacial score (nSPS) is 11.3. The molecule has 10 heteroatoms. The molecule has 0 spiro atoms. The Morgan fingerprint density at radius 2 is 1.57 bits per heavy atom. The van der Waals surface area contributed by atoms with Gasteiger partial charge in [0.1, 0.15) is 4.90 Å². The average Bonchev–Trinajstić information content (AvgIpc) is 2.41. The second kappa shape index (κ2) is 6.75. The molecule has 0 aliphatic carbocycles. The van der Waals surface area contributed by atoms with Crippen molar-refractivity contribution in [1.82, 2.24) is 0 Å². The van der Waals surface area contributed by atoms with E-state index in [0.29, 0.717) is 0 Å². The number of sulfonamides is 1. The van der Waals surface area contributed by atoms with Crippen molar-refractivity contribution in [3.05, 3.63) is 56.0 Å². The molecule has 5 nitrogen and oxygen atoms in total. The van der Waals surface area contributed by atoms with E-state index in [1.54, 1.807) is 0 Å². The molecule has 0 unspecified atom stereocenters. The topological polar surface area (TPSA) is 83.5 Å². The molecule has 0 aromatic heterocycles. The van der Waals surface area contributed by atoms with Crippen LogP contribution in [0.4, 0.5) is 5.69 Å². The number of anilines is 1. The van der Waals surface area contributed by atoms with Crippen LogP contribution < -0.4 is 4.72 Å². The minimum absolute atomic E-state index is 0.0130. The van der Waals surface area contributed by atoms with Crippen molar-refractivity contribution in [3.8, 4) is 0 Å². The molecule has 2 N–H and O–H groups in total. The van der Waals surface area contributed by atoms with Crippen molar-refractivity contribution in [1.29, 1.82) is 0 Å². The van der Waals surface area contributed by atoms with Crippen LogP contribution in [-0.2, 0) is 10.0 Å². The average molecular weight is 415 g/mol. The summed E-state index contributed by atoms with van der Waals surface area (Å²) in [7, 11) is -4.20. The Hall–Kier alpha value is -1.18. The first kappa shape index (κ1) is 18.2. The Labute approximate surface area is 151 Å². The Balaban J connectivity index is 2.54. The largest absolute Gasteiger partial charge is 0.478 e. The number of carbonyl (C=O) groups is 1. The van der Waals surface area contributed by atoms with Crippen LogP contribution in [0.15, 0.2) is 35.2 Å². The molecular weight excluding hydrogens is 408 g/mol. The first-order chi connectivity index (χ1) is 10.6. The lowest BCUT2D eigenvalue weighted by atomic mass is 10.2. The predicted octanol–water partition coefficient (Wildman–Crippen LogP) is 4.80. The number of hydrogen-bond acceptors (Lipinski definition) is 3. The molecular formula is C13H7Cl4NO4S. The SMILES string of the molecule is O=C(O)c1ccc(Cl)cc1NS(=O)(=O)c1cc(Cl)c(Cl)cc1Cl. The van der Waals surface area contributed by atoms with Gasteiger partial charge in [0.15, 0.2) is 0 Å². The molecule has 2 aromatic rings. The van der Waals surface area contributed by atoms with Gasteiger partial charge in [-0.3, -0.25) is 4.72 Å². The van der Waals surface area contributed by atoms with Crippen LogP contribution in [0.5, 0.6) is 0 Å². The highest BCUT2D eigenvalue weighted by atomic mass is 35.5. The third-order valence-corrected chi connectivity index (χ3v) is 5.51. The van der Waals surface area contributed by atoms with Crippen LogP contribution in [0.3, 0.4) is 0 Å². The zero-order valence-electron chi connectivity index (χ0n) is 11.0. The highest BCUT2D eigenvalue weighted by molar-refractivity contribution is 7.92. The summed E-state index contributed by atoms with van der Waals surface area (Å²) in [4.78, 5) is 10.8. The minimum atomic E-state index is -4.20. The maximum absolute atomic E-state index is 12.4. The molecule has 0 aliphatic heterocycles. The molecule has 0 fully saturated rings. The zero-order valence-corrected chi connectivity index (χ0v) is 14.8. The second-order valence-electron chi connectivity index (χ2n) is 4.30. The number of aromatic carboxylic acids is 1. The van der Waals surface area contributed by atoms with Gasteiger partial charge < -0.3 is 5.11 Å². The van der Waals surface area contributed by atoms with Gasteiger partial charge >= 0.3 is 5.97 Å². The minimum Gasteiger partial charge on any atom is -0.478 e. The smallest absolute Gasteiger partial charge is 0.337 e. The number of carboxylic acid groups (broad SMARTS) is 1. The van der Waals surface area contributed by atoms with Gasteiger partial charge in [-0.2, -0.15) is 0 Å². The summed E-state index contributed by atoms with van der Waals surface area (Å²) in [6.45, 7) is 0. The van der Waals surface area contributed by atoms with E-state index in [9.17, 15) is 13.2 Å². The van der Waals surface area contributed by atoms with Gasteiger partial charge in [-0.25, -0.2) is 13.2 Å². The van der Waals surface area contributed by atoms with Crippen molar-refractivity contribution in [2.24, 2.45) is 0 Å². The monoisotopic (exact) mass is 413 g/mol. The van der Waals surface area contributed by atoms with Gasteiger partial charge in [-0.15, -0.1) is 0 Å². The number of nitrogens with one attached hydrogen (secondary N) is 1. The molecule has 0 aliphatic rings. The Bertz CT molecular complexity index is 899. The lowest BCUT2D eigenvalue weighted by Gasteiger charge is -2.12. The van der Waals surface area contributed by atoms with Gasteiger partial charge in [0.05, 0.1) is 26.3 Å². The number of carboxylic acids is 1. The molecule has 0 bridgehead atoms. The van der Waals surface area contributed by atoms with E-state index < -0.39 is 16.0 Å². The van der Waals surface area contributed by atoms with Crippen LogP contribution in [-0.4, -0.2) is 19.5 Å². The predicted molar refractivity (Wildman–Crippen MR) is 90.7 cm³/mol. The number of rotatable bonds is 4. The van der Waals surface area contributed by atoms with E-state index in [4.69, 9.17) is 51.5 Å². The molecule has 122 valence electrons. The highest BCUT2D eigenvalue weighted by Gasteiger charge is 2.22. The van der Waals surface area contributed by atoms with Crippen LogP contribution in [0, 0.1) is 0 Å². The molecule has 0 saturated heterocycles. The highest BCUT2D eigenvalue weighted by Crippen LogP contribution is 2.33. The van der Waals surface area contributed by atoms with Crippen molar-refractivity contribution >= 4 is 68.1 Å². The summed E-state index contributed by atoms with van der Waals surface area (Å²) in [5, 5.41) is 9.19. The van der Waals surface area contributed by atoms with Crippen molar-refractivity contribution < 1.29 is 18.3 Å². The maximum atomic E-state index is 12.4. The van der Waals surface area contributed by atoms with Gasteiger partial charge in [-0.05, 0) is 30.3 Å². The Morgan fingerprint density at radius 1 is 0.957 bits per heavy atom. The summed E-state index contributed by atoms with van der Waals surface area (Å²) >= 11 is 23.2. The zero-order chi connectivity index (χ0) is 17.4. The molecule has 2 rings (SSSR count). The van der Waals surface area contributed by atoms with Crippen molar-refractivity contribution in [3.63, 3.8) is 0 Å². The fourth-order valence-corrected chi connectivity index (χ4v) is 3.94. The van der Waals surface area contributed by atoms with Crippen LogP contribution in [0.2, 0.25) is 20.1 Å². The first-order valence-corrected chi connectivity index (χ1v) is 8.81. The molecule has 0 amide bonds. The van der Waals surface area contributed by atoms with Crippen LogP contribution in [0.25, 0.3) is 0 Å². The van der Waals surface area contributed by atoms with Gasteiger partial charge in [0, 0.05) is 5.02 Å². The Kier molecular flexibility index (Phi) is 5.33. The van der Waals surface area contributed by atoms with Crippen LogP contribution >= 0.6 is 46.4 Å². The van der Waals surface area contributed by atoms with Gasteiger partial charge in [0.25, 0.3) is 10.0 Å². The lowest BCUT2D eigenvalue weighted by molar-refractivity contribution is 0.0698. The molecule has 0 atom stereocenters. The van der Waals surface area contributed by atoms with E-state index >= 15 is 0 Å². The molecule has 0 saturated carbocycles. The quantitative estimate of drug-likeness (QED) is 0.703. The third-order valence-electron chi connectivity index (χ3n) is 2.72.